The van der Waals surface area contributed by atoms with Crippen molar-refractivity contribution in [2.24, 2.45) is 11.1 Å². The van der Waals surface area contributed by atoms with Crippen LogP contribution in [0.15, 0.2) is 5.38 Å². The fraction of sp³-hybridized carbons (Fsp3) is 0.667. The highest BCUT2D eigenvalue weighted by Crippen LogP contribution is 2.37. The molecule has 0 radical (unpaired) electrons. The molecule has 0 saturated heterocycles. The molecule has 4 nitrogen and oxygen atoms in total. The number of amides is 1. The molecule has 0 atom stereocenters. The highest BCUT2D eigenvalue weighted by molar-refractivity contribution is 7.09. The third-order valence-electron chi connectivity index (χ3n) is 3.50. The van der Waals surface area contributed by atoms with Crippen LogP contribution in [-0.2, 0) is 11.3 Å². The van der Waals surface area contributed by atoms with Gasteiger partial charge in [0.15, 0.2) is 0 Å². The van der Waals surface area contributed by atoms with E-state index in [0.29, 0.717) is 13.1 Å². The Morgan fingerprint density at radius 2 is 2.11 bits per heavy atom. The van der Waals surface area contributed by atoms with Crippen LogP contribution in [0.5, 0.6) is 0 Å². The maximum atomic E-state index is 12.2. The van der Waals surface area contributed by atoms with E-state index in [9.17, 15) is 4.79 Å². The molecule has 0 aliphatic heterocycles. The number of halogens is 2. The molecule has 1 fully saturated rings. The molecule has 0 spiro atoms. The van der Waals surface area contributed by atoms with Gasteiger partial charge in [-0.15, -0.1) is 36.2 Å². The number of rotatable bonds is 4. The number of carbonyl (C=O) groups excluding carboxylic acids is 1. The molecule has 1 heterocycles. The van der Waals surface area contributed by atoms with Gasteiger partial charge in [0.1, 0.15) is 5.01 Å². The summed E-state index contributed by atoms with van der Waals surface area (Å²) in [6.07, 6.45) is 4.07. The van der Waals surface area contributed by atoms with E-state index in [2.05, 4.69) is 10.3 Å². The molecular weight excluding hydrogens is 305 g/mol. The molecule has 110 valence electrons. The average Bonchev–Trinajstić information content (AvgIpc) is 2.95. The number of nitrogens with one attached hydrogen (secondary N) is 1. The molecule has 1 saturated carbocycles. The van der Waals surface area contributed by atoms with Gasteiger partial charge in [0.2, 0.25) is 5.91 Å². The molecule has 1 amide bonds. The summed E-state index contributed by atoms with van der Waals surface area (Å²) in [6.45, 7) is 2.94. The van der Waals surface area contributed by atoms with E-state index in [1.54, 1.807) is 11.3 Å². The van der Waals surface area contributed by atoms with Crippen LogP contribution >= 0.6 is 36.2 Å². The van der Waals surface area contributed by atoms with Crippen LogP contribution in [0.25, 0.3) is 0 Å². The fourth-order valence-electron chi connectivity index (χ4n) is 2.40. The molecule has 19 heavy (non-hydrogen) atoms. The normalized spacial score (nSPS) is 16.3. The minimum atomic E-state index is -0.313. The number of thiazole rings is 1. The highest BCUT2D eigenvalue weighted by atomic mass is 35.5. The number of hydrogen-bond donors (Lipinski definition) is 2. The number of carbonyl (C=O) groups is 1. The van der Waals surface area contributed by atoms with E-state index in [0.717, 1.165) is 36.4 Å². The molecule has 7 heteroatoms. The number of aryl methyl sites for hydroxylation is 1. The second kappa shape index (κ2) is 8.04. The summed E-state index contributed by atoms with van der Waals surface area (Å²) in [7, 11) is 0. The van der Waals surface area contributed by atoms with Gasteiger partial charge in [-0.3, -0.25) is 4.79 Å². The third kappa shape index (κ3) is 4.31. The van der Waals surface area contributed by atoms with E-state index < -0.39 is 0 Å². The first-order chi connectivity index (χ1) is 8.16. The average molecular weight is 326 g/mol. The largest absolute Gasteiger partial charge is 0.349 e. The van der Waals surface area contributed by atoms with Crippen LogP contribution in [0.4, 0.5) is 0 Å². The van der Waals surface area contributed by atoms with Crippen molar-refractivity contribution in [3.05, 3.63) is 16.1 Å². The van der Waals surface area contributed by atoms with Gasteiger partial charge >= 0.3 is 0 Å². The van der Waals surface area contributed by atoms with E-state index >= 15 is 0 Å². The molecule has 3 N–H and O–H groups in total. The molecule has 2 rings (SSSR count). The smallest absolute Gasteiger partial charge is 0.227 e. The number of aromatic nitrogens is 1. The number of nitrogens with two attached hydrogens (primary N) is 1. The van der Waals surface area contributed by atoms with Crippen LogP contribution in [0, 0.1) is 12.3 Å². The van der Waals surface area contributed by atoms with Crippen LogP contribution < -0.4 is 11.1 Å². The van der Waals surface area contributed by atoms with Gasteiger partial charge in [-0.1, -0.05) is 12.8 Å². The second-order valence-corrected chi connectivity index (χ2v) is 5.70. The fourth-order valence-corrected chi connectivity index (χ4v) is 3.11. The highest BCUT2D eigenvalue weighted by Gasteiger charge is 2.39. The predicted octanol–water partition coefficient (Wildman–Crippen LogP) is 2.43. The summed E-state index contributed by atoms with van der Waals surface area (Å²) in [4.78, 5) is 16.5. The van der Waals surface area contributed by atoms with E-state index in [1.807, 2.05) is 12.3 Å². The minimum Gasteiger partial charge on any atom is -0.349 e. The molecule has 1 aliphatic rings. The summed E-state index contributed by atoms with van der Waals surface area (Å²) < 4.78 is 0. The van der Waals surface area contributed by atoms with Gasteiger partial charge in [0.25, 0.3) is 0 Å². The predicted molar refractivity (Wildman–Crippen MR) is 83.1 cm³/mol. The van der Waals surface area contributed by atoms with Crippen LogP contribution in [0.2, 0.25) is 0 Å². The quantitative estimate of drug-likeness (QED) is 0.893. The zero-order valence-corrected chi connectivity index (χ0v) is 13.4. The second-order valence-electron chi connectivity index (χ2n) is 4.76. The minimum absolute atomic E-state index is 0. The Morgan fingerprint density at radius 3 is 2.58 bits per heavy atom. The lowest BCUT2D eigenvalue weighted by Crippen LogP contribution is -2.43. The van der Waals surface area contributed by atoms with Crippen molar-refractivity contribution in [2.75, 3.05) is 6.54 Å². The van der Waals surface area contributed by atoms with Crippen molar-refractivity contribution < 1.29 is 4.79 Å². The monoisotopic (exact) mass is 325 g/mol. The van der Waals surface area contributed by atoms with Crippen LogP contribution in [0.3, 0.4) is 0 Å². The topological polar surface area (TPSA) is 68.0 Å². The zero-order valence-electron chi connectivity index (χ0n) is 11.0. The van der Waals surface area contributed by atoms with Gasteiger partial charge in [-0.25, -0.2) is 4.98 Å². The first-order valence-electron chi connectivity index (χ1n) is 6.06. The third-order valence-corrected chi connectivity index (χ3v) is 4.47. The van der Waals surface area contributed by atoms with Crippen molar-refractivity contribution >= 4 is 42.1 Å². The standard InChI is InChI=1S/C12H19N3OS.2ClH/c1-9-7-17-10(15-9)6-14-11(16)12(8-13)4-2-3-5-12;;/h7H,2-6,8,13H2,1H3,(H,14,16);2*1H. The van der Waals surface area contributed by atoms with Gasteiger partial charge in [0.05, 0.1) is 12.0 Å². The summed E-state index contributed by atoms with van der Waals surface area (Å²) in [5.74, 6) is 0.102. The lowest BCUT2D eigenvalue weighted by Gasteiger charge is -2.25. The first-order valence-corrected chi connectivity index (χ1v) is 6.94. The van der Waals surface area contributed by atoms with E-state index in [1.165, 1.54) is 0 Å². The summed E-state index contributed by atoms with van der Waals surface area (Å²) in [5.41, 5.74) is 6.46. The van der Waals surface area contributed by atoms with E-state index in [4.69, 9.17) is 5.73 Å². The van der Waals surface area contributed by atoms with E-state index in [-0.39, 0.29) is 36.1 Å². The Balaban J connectivity index is 0.00000162. The lowest BCUT2D eigenvalue weighted by molar-refractivity contribution is -0.130. The van der Waals surface area contributed by atoms with Crippen molar-refractivity contribution in [3.63, 3.8) is 0 Å². The van der Waals surface area contributed by atoms with Crippen molar-refractivity contribution in [3.8, 4) is 0 Å². The Labute approximate surface area is 130 Å². The zero-order chi connectivity index (χ0) is 12.3. The maximum absolute atomic E-state index is 12.2. The van der Waals surface area contributed by atoms with Crippen LogP contribution in [0.1, 0.15) is 36.4 Å². The van der Waals surface area contributed by atoms with Crippen molar-refractivity contribution in [1.82, 2.24) is 10.3 Å². The SMILES string of the molecule is Cc1csc(CNC(=O)C2(CN)CCCC2)n1.Cl.Cl. The maximum Gasteiger partial charge on any atom is 0.227 e. The number of nitrogens with zero attached hydrogens (tertiary/aromatic N) is 1. The van der Waals surface area contributed by atoms with Crippen molar-refractivity contribution in [2.45, 2.75) is 39.2 Å². The Kier molecular flexibility index (Phi) is 7.89. The molecule has 1 aromatic heterocycles. The van der Waals surface area contributed by atoms with Gasteiger partial charge < -0.3 is 11.1 Å². The van der Waals surface area contributed by atoms with Gasteiger partial charge in [0, 0.05) is 17.6 Å². The summed E-state index contributed by atoms with van der Waals surface area (Å²) in [5, 5.41) is 5.93. The molecule has 0 aromatic carbocycles. The Bertz CT molecular complexity index is 405. The molecule has 1 aromatic rings. The molecular formula is C12H21Cl2N3OS. The lowest BCUT2D eigenvalue weighted by atomic mass is 9.85. The van der Waals surface area contributed by atoms with Crippen molar-refractivity contribution in [1.29, 1.82) is 0 Å². The molecule has 1 aliphatic carbocycles. The Hall–Kier alpha value is -0.360. The van der Waals surface area contributed by atoms with Gasteiger partial charge in [-0.05, 0) is 19.8 Å². The Morgan fingerprint density at radius 1 is 1.47 bits per heavy atom. The van der Waals surface area contributed by atoms with Gasteiger partial charge in [-0.2, -0.15) is 0 Å². The number of hydrogen-bond acceptors (Lipinski definition) is 4. The summed E-state index contributed by atoms with van der Waals surface area (Å²) >= 11 is 1.58. The molecule has 0 bridgehead atoms. The molecule has 0 unspecified atom stereocenters. The van der Waals surface area contributed by atoms with Crippen LogP contribution in [-0.4, -0.2) is 17.4 Å². The first kappa shape index (κ1) is 18.6. The summed E-state index contributed by atoms with van der Waals surface area (Å²) in [6, 6.07) is 0.